The van der Waals surface area contributed by atoms with Crippen LogP contribution >= 0.6 is 22.6 Å². The van der Waals surface area contributed by atoms with Crippen molar-refractivity contribution in [2.24, 2.45) is 0 Å². The lowest BCUT2D eigenvalue weighted by Crippen LogP contribution is -2.39. The summed E-state index contributed by atoms with van der Waals surface area (Å²) in [5.74, 6) is 2.74. The second-order valence-corrected chi connectivity index (χ2v) is 7.75. The van der Waals surface area contributed by atoms with E-state index < -0.39 is 0 Å². The van der Waals surface area contributed by atoms with Crippen molar-refractivity contribution in [1.29, 1.82) is 0 Å². The minimum absolute atomic E-state index is 0.338. The van der Waals surface area contributed by atoms with Gasteiger partial charge in [-0.15, -0.1) is 0 Å². The number of benzene rings is 2. The Morgan fingerprint density at radius 1 is 1.12 bits per heavy atom. The number of rotatable bonds is 1. The Morgan fingerprint density at radius 3 is 2.79 bits per heavy atom. The second-order valence-electron chi connectivity index (χ2n) is 6.59. The molecular formula is C19H18INO3. The molecule has 1 atom stereocenters. The summed E-state index contributed by atoms with van der Waals surface area (Å²) in [6, 6.07) is 9.13. The van der Waals surface area contributed by atoms with Gasteiger partial charge in [0.15, 0.2) is 11.5 Å². The zero-order valence-electron chi connectivity index (χ0n) is 13.5. The van der Waals surface area contributed by atoms with Crippen molar-refractivity contribution >= 4 is 22.6 Å². The van der Waals surface area contributed by atoms with Crippen molar-refractivity contribution < 1.29 is 14.2 Å². The highest BCUT2D eigenvalue weighted by Gasteiger charge is 2.34. The van der Waals surface area contributed by atoms with Crippen molar-refractivity contribution in [1.82, 2.24) is 4.90 Å². The number of hydrogen-bond donors (Lipinski definition) is 0. The number of ether oxygens (including phenoxy) is 3. The number of halogens is 1. The van der Waals surface area contributed by atoms with E-state index in [-0.39, 0.29) is 0 Å². The molecule has 24 heavy (non-hydrogen) atoms. The molecule has 2 aromatic carbocycles. The molecular weight excluding hydrogens is 417 g/mol. The minimum atomic E-state index is 0.338. The molecule has 5 rings (SSSR count). The highest BCUT2D eigenvalue weighted by Crippen LogP contribution is 2.44. The van der Waals surface area contributed by atoms with E-state index in [0.717, 1.165) is 43.2 Å². The van der Waals surface area contributed by atoms with Gasteiger partial charge in [-0.3, -0.25) is 4.90 Å². The lowest BCUT2D eigenvalue weighted by molar-refractivity contribution is 0.160. The van der Waals surface area contributed by atoms with Crippen LogP contribution in [0.15, 0.2) is 24.3 Å². The van der Waals surface area contributed by atoms with Gasteiger partial charge in [-0.05, 0) is 82.0 Å². The summed E-state index contributed by atoms with van der Waals surface area (Å²) in [6.45, 7) is 2.44. The van der Waals surface area contributed by atoms with Crippen LogP contribution in [0.4, 0.5) is 0 Å². The molecule has 3 aliphatic rings. The maximum Gasteiger partial charge on any atom is 0.231 e. The first-order valence-corrected chi connectivity index (χ1v) is 9.32. The van der Waals surface area contributed by atoms with E-state index in [1.54, 1.807) is 7.11 Å². The molecule has 0 amide bonds. The normalized spacial score (nSPS) is 21.0. The second kappa shape index (κ2) is 5.52. The summed E-state index contributed by atoms with van der Waals surface area (Å²) < 4.78 is 17.9. The molecule has 0 spiro atoms. The molecule has 2 aromatic rings. The summed E-state index contributed by atoms with van der Waals surface area (Å²) in [4.78, 5) is 2.60. The van der Waals surface area contributed by atoms with Crippen LogP contribution in [-0.2, 0) is 19.4 Å². The van der Waals surface area contributed by atoms with Crippen LogP contribution in [0.5, 0.6) is 17.2 Å². The minimum Gasteiger partial charge on any atom is -0.497 e. The van der Waals surface area contributed by atoms with Crippen LogP contribution in [0.1, 0.15) is 28.3 Å². The molecule has 0 saturated heterocycles. The maximum atomic E-state index is 5.61. The number of nitrogens with zero attached hydrogens (tertiary/aromatic N) is 1. The summed E-state index contributed by atoms with van der Waals surface area (Å²) in [6.07, 6.45) is 2.10. The van der Waals surface area contributed by atoms with Gasteiger partial charge < -0.3 is 14.2 Å². The van der Waals surface area contributed by atoms with Crippen LogP contribution in [-0.4, -0.2) is 25.3 Å². The zero-order chi connectivity index (χ0) is 16.3. The van der Waals surface area contributed by atoms with Gasteiger partial charge in [-0.1, -0.05) is 0 Å². The van der Waals surface area contributed by atoms with Crippen molar-refractivity contribution in [2.75, 3.05) is 20.4 Å². The first kappa shape index (κ1) is 14.8. The topological polar surface area (TPSA) is 30.9 Å². The van der Waals surface area contributed by atoms with E-state index in [9.17, 15) is 0 Å². The van der Waals surface area contributed by atoms with Crippen LogP contribution in [0.25, 0.3) is 0 Å². The number of hydrogen-bond acceptors (Lipinski definition) is 4. The molecule has 0 aromatic heterocycles. The van der Waals surface area contributed by atoms with Gasteiger partial charge >= 0.3 is 0 Å². The molecule has 5 heteroatoms. The van der Waals surface area contributed by atoms with Gasteiger partial charge in [-0.25, -0.2) is 0 Å². The molecule has 0 fully saturated rings. The molecule has 0 radical (unpaired) electrons. The lowest BCUT2D eigenvalue weighted by atomic mass is 9.84. The summed E-state index contributed by atoms with van der Waals surface area (Å²) in [7, 11) is 1.74. The van der Waals surface area contributed by atoms with E-state index in [0.29, 0.717) is 12.8 Å². The molecule has 0 saturated carbocycles. The van der Waals surface area contributed by atoms with Crippen molar-refractivity contribution in [3.05, 3.63) is 50.1 Å². The molecule has 4 nitrogen and oxygen atoms in total. The largest absolute Gasteiger partial charge is 0.497 e. The molecule has 0 N–H and O–H groups in total. The predicted molar refractivity (Wildman–Crippen MR) is 98.8 cm³/mol. The van der Waals surface area contributed by atoms with E-state index in [4.69, 9.17) is 14.2 Å². The van der Waals surface area contributed by atoms with Crippen LogP contribution in [0, 0.1) is 3.57 Å². The van der Waals surface area contributed by atoms with Gasteiger partial charge in [0.2, 0.25) is 6.79 Å². The molecule has 0 unspecified atom stereocenters. The van der Waals surface area contributed by atoms with Crippen molar-refractivity contribution in [2.45, 2.75) is 25.4 Å². The van der Waals surface area contributed by atoms with E-state index >= 15 is 0 Å². The van der Waals surface area contributed by atoms with Crippen molar-refractivity contribution in [3.8, 4) is 17.2 Å². The molecule has 3 aliphatic heterocycles. The van der Waals surface area contributed by atoms with Gasteiger partial charge in [0.1, 0.15) is 5.75 Å². The Bertz CT molecular complexity index is 836. The van der Waals surface area contributed by atoms with Crippen LogP contribution in [0.3, 0.4) is 0 Å². The van der Waals surface area contributed by atoms with E-state index in [2.05, 4.69) is 51.8 Å². The number of methoxy groups -OCH3 is 1. The summed E-state index contributed by atoms with van der Waals surface area (Å²) in [5.41, 5.74) is 5.66. The fourth-order valence-corrected chi connectivity index (χ4v) is 4.95. The molecule has 0 bridgehead atoms. The monoisotopic (exact) mass is 435 g/mol. The Kier molecular flexibility index (Phi) is 3.42. The summed E-state index contributed by atoms with van der Waals surface area (Å²) in [5, 5.41) is 0. The predicted octanol–water partition coefficient (Wildman–Crippen LogP) is 3.68. The van der Waals surface area contributed by atoms with Gasteiger partial charge in [0, 0.05) is 22.7 Å². The SMILES string of the molecule is COc1cc(I)c2c(c1)C[C@H]1c3cc4c(cc3CCN1C2)OCO4. The third-order valence-corrected chi connectivity index (χ3v) is 6.34. The Balaban J connectivity index is 1.58. The van der Waals surface area contributed by atoms with Gasteiger partial charge in [0.05, 0.1) is 7.11 Å². The third-order valence-electron chi connectivity index (χ3n) is 5.37. The quantitative estimate of drug-likeness (QED) is 0.640. The first-order valence-electron chi connectivity index (χ1n) is 8.24. The van der Waals surface area contributed by atoms with E-state index in [1.807, 2.05) is 0 Å². The van der Waals surface area contributed by atoms with Crippen LogP contribution < -0.4 is 14.2 Å². The fourth-order valence-electron chi connectivity index (χ4n) is 4.13. The average molecular weight is 435 g/mol. The highest BCUT2D eigenvalue weighted by atomic mass is 127. The molecule has 0 aliphatic carbocycles. The third kappa shape index (κ3) is 2.21. The standard InChI is InChI=1S/C19H18INO3/c1-22-13-4-12-5-17-14-8-19-18(23-10-24-19)6-11(14)2-3-21(17)9-15(12)16(20)7-13/h4,6-8,17H,2-3,5,9-10H2,1H3/t17-/m0/s1. The Hall–Kier alpha value is -1.47. The first-order chi connectivity index (χ1) is 11.7. The van der Waals surface area contributed by atoms with E-state index in [1.165, 1.54) is 25.8 Å². The van der Waals surface area contributed by atoms with Crippen molar-refractivity contribution in [3.63, 3.8) is 0 Å². The highest BCUT2D eigenvalue weighted by molar-refractivity contribution is 14.1. The summed E-state index contributed by atoms with van der Waals surface area (Å²) >= 11 is 2.44. The fraction of sp³-hybridized carbons (Fsp3) is 0.368. The smallest absolute Gasteiger partial charge is 0.231 e. The lowest BCUT2D eigenvalue weighted by Gasteiger charge is -2.41. The maximum absolute atomic E-state index is 5.61. The van der Waals surface area contributed by atoms with Crippen LogP contribution in [0.2, 0.25) is 0 Å². The number of fused-ring (bicyclic) bond motifs is 5. The molecule has 124 valence electrons. The molecule has 3 heterocycles. The average Bonchev–Trinajstić information content (AvgIpc) is 3.05. The zero-order valence-corrected chi connectivity index (χ0v) is 15.6. The van der Waals surface area contributed by atoms with Gasteiger partial charge in [0.25, 0.3) is 0 Å². The Labute approximate surface area is 154 Å². The van der Waals surface area contributed by atoms with Gasteiger partial charge in [-0.2, -0.15) is 0 Å². The Morgan fingerprint density at radius 2 is 1.96 bits per heavy atom.